The third kappa shape index (κ3) is 5.07. The molecule has 29 heavy (non-hydrogen) atoms. The van der Waals surface area contributed by atoms with E-state index in [4.69, 9.17) is 23.2 Å². The normalized spacial score (nSPS) is 11.4. The Kier molecular flexibility index (Phi) is 6.43. The number of aromatic nitrogens is 4. The summed E-state index contributed by atoms with van der Waals surface area (Å²) in [5.74, 6) is -0.730. The average Bonchev–Trinajstić information content (AvgIpc) is 3.18. The zero-order valence-electron chi connectivity index (χ0n) is 14.5. The van der Waals surface area contributed by atoms with Crippen molar-refractivity contribution in [3.8, 4) is 0 Å². The molecule has 0 saturated heterocycles. The minimum atomic E-state index is -3.17. The molecule has 3 rings (SSSR count). The van der Waals surface area contributed by atoms with Crippen molar-refractivity contribution in [1.82, 2.24) is 19.6 Å². The highest BCUT2D eigenvalue weighted by Crippen LogP contribution is 2.34. The molecule has 0 atom stereocenters. The standard InChI is InChI=1S/C17H13Cl2F4N5O/c18-10-5-24-27(7-10)6-9-2-1-3-11(4-9)25-12(29)8-28-15(17(22)23)13(19)14(26-28)16(20)21/h1-5,7,16-17H,6,8H2,(H,25,29). The van der Waals surface area contributed by atoms with E-state index in [0.29, 0.717) is 21.9 Å². The molecule has 0 saturated carbocycles. The quantitative estimate of drug-likeness (QED) is 0.519. The lowest BCUT2D eigenvalue weighted by Gasteiger charge is -2.10. The third-order valence-corrected chi connectivity index (χ3v) is 4.40. The number of rotatable bonds is 7. The molecule has 0 fully saturated rings. The number of nitrogens with one attached hydrogen (secondary N) is 1. The van der Waals surface area contributed by atoms with Crippen molar-refractivity contribution in [1.29, 1.82) is 0 Å². The van der Waals surface area contributed by atoms with Gasteiger partial charge < -0.3 is 5.32 Å². The van der Waals surface area contributed by atoms with Gasteiger partial charge in [-0.05, 0) is 17.7 Å². The van der Waals surface area contributed by atoms with Crippen LogP contribution in [0.4, 0.5) is 23.2 Å². The summed E-state index contributed by atoms with van der Waals surface area (Å²) in [6, 6.07) is 6.72. The Bertz CT molecular complexity index is 1020. The van der Waals surface area contributed by atoms with Gasteiger partial charge in [0.1, 0.15) is 17.9 Å². The highest BCUT2D eigenvalue weighted by Gasteiger charge is 2.28. The van der Waals surface area contributed by atoms with E-state index in [1.807, 2.05) is 0 Å². The molecule has 0 aliphatic carbocycles. The number of carbonyl (C=O) groups excluding carboxylic acids is 1. The molecule has 154 valence electrons. The second-order valence-corrected chi connectivity index (χ2v) is 6.76. The predicted octanol–water partition coefficient (Wildman–Crippen LogP) is 4.95. The van der Waals surface area contributed by atoms with Crippen LogP contribution < -0.4 is 5.32 Å². The van der Waals surface area contributed by atoms with Crippen molar-refractivity contribution < 1.29 is 22.4 Å². The average molecular weight is 450 g/mol. The fraction of sp³-hybridized carbons (Fsp3) is 0.235. The number of benzene rings is 1. The molecule has 0 bridgehead atoms. The number of nitrogens with zero attached hydrogens (tertiary/aromatic N) is 4. The number of hydrogen-bond donors (Lipinski definition) is 1. The number of alkyl halides is 4. The molecule has 6 nitrogen and oxygen atoms in total. The first kappa shape index (κ1) is 21.1. The monoisotopic (exact) mass is 449 g/mol. The molecule has 3 aromatic rings. The summed E-state index contributed by atoms with van der Waals surface area (Å²) in [5, 5.41) is 9.55. The maximum atomic E-state index is 13.2. The lowest BCUT2D eigenvalue weighted by Crippen LogP contribution is -2.21. The van der Waals surface area contributed by atoms with Gasteiger partial charge in [0.25, 0.3) is 12.9 Å². The summed E-state index contributed by atoms with van der Waals surface area (Å²) in [7, 11) is 0. The molecule has 12 heteroatoms. The van der Waals surface area contributed by atoms with Crippen LogP contribution in [0.25, 0.3) is 0 Å². The van der Waals surface area contributed by atoms with Crippen molar-refractivity contribution in [2.45, 2.75) is 25.9 Å². The highest BCUT2D eigenvalue weighted by molar-refractivity contribution is 6.32. The summed E-state index contributed by atoms with van der Waals surface area (Å²) in [4.78, 5) is 12.2. The second kappa shape index (κ2) is 8.83. The smallest absolute Gasteiger partial charge is 0.283 e. The number of hydrogen-bond acceptors (Lipinski definition) is 3. The van der Waals surface area contributed by atoms with Crippen molar-refractivity contribution in [2.75, 3.05) is 5.32 Å². The predicted molar refractivity (Wildman–Crippen MR) is 98.6 cm³/mol. The van der Waals surface area contributed by atoms with E-state index in [0.717, 1.165) is 5.56 Å². The lowest BCUT2D eigenvalue weighted by atomic mass is 10.2. The van der Waals surface area contributed by atoms with E-state index in [-0.39, 0.29) is 0 Å². The zero-order chi connectivity index (χ0) is 21.1. The van der Waals surface area contributed by atoms with Crippen molar-refractivity contribution in [2.24, 2.45) is 0 Å². The van der Waals surface area contributed by atoms with Crippen LogP contribution in [0.3, 0.4) is 0 Å². The molecule has 0 aliphatic rings. The van der Waals surface area contributed by atoms with Gasteiger partial charge in [0, 0.05) is 11.9 Å². The minimum absolute atomic E-state index is 0.386. The topological polar surface area (TPSA) is 64.7 Å². The molecule has 2 aromatic heterocycles. The minimum Gasteiger partial charge on any atom is -0.324 e. The number of carbonyl (C=O) groups is 1. The molecule has 0 aliphatic heterocycles. The Morgan fingerprint density at radius 1 is 1.17 bits per heavy atom. The van der Waals surface area contributed by atoms with Crippen molar-refractivity contribution >= 4 is 34.8 Å². The molecule has 1 N–H and O–H groups in total. The Morgan fingerprint density at radius 2 is 1.93 bits per heavy atom. The van der Waals surface area contributed by atoms with E-state index in [1.165, 1.54) is 6.20 Å². The van der Waals surface area contributed by atoms with E-state index < -0.39 is 41.7 Å². The van der Waals surface area contributed by atoms with Crippen LogP contribution >= 0.6 is 23.2 Å². The van der Waals surface area contributed by atoms with Gasteiger partial charge in [0.05, 0.1) is 22.8 Å². The molecule has 0 unspecified atom stereocenters. The molecule has 0 spiro atoms. The van der Waals surface area contributed by atoms with Gasteiger partial charge in [0.2, 0.25) is 5.91 Å². The molecule has 2 heterocycles. The fourth-order valence-corrected chi connectivity index (χ4v) is 3.09. The Labute approximate surface area is 172 Å². The highest BCUT2D eigenvalue weighted by atomic mass is 35.5. The van der Waals surface area contributed by atoms with E-state index in [2.05, 4.69) is 15.5 Å². The number of anilines is 1. The maximum Gasteiger partial charge on any atom is 0.283 e. The van der Waals surface area contributed by atoms with Crippen LogP contribution in [0, 0.1) is 0 Å². The first-order valence-corrected chi connectivity index (χ1v) is 8.89. The Morgan fingerprint density at radius 3 is 2.55 bits per heavy atom. The van der Waals surface area contributed by atoms with Crippen LogP contribution in [0.15, 0.2) is 36.7 Å². The zero-order valence-corrected chi connectivity index (χ0v) is 16.0. The van der Waals surface area contributed by atoms with E-state index in [1.54, 1.807) is 35.1 Å². The first-order valence-electron chi connectivity index (χ1n) is 8.13. The van der Waals surface area contributed by atoms with Gasteiger partial charge in [-0.1, -0.05) is 35.3 Å². The Balaban J connectivity index is 1.73. The second-order valence-electron chi connectivity index (χ2n) is 5.95. The van der Waals surface area contributed by atoms with Crippen LogP contribution in [0.1, 0.15) is 29.8 Å². The van der Waals surface area contributed by atoms with Gasteiger partial charge in [-0.3, -0.25) is 14.2 Å². The summed E-state index contributed by atoms with van der Waals surface area (Å²) >= 11 is 11.4. The summed E-state index contributed by atoms with van der Waals surface area (Å²) in [6.45, 7) is -0.316. The third-order valence-electron chi connectivity index (χ3n) is 3.82. The SMILES string of the molecule is O=C(Cn1nc(C(F)F)c(Cl)c1C(F)F)Nc1cccc(Cn2cc(Cl)cn2)c1. The molecule has 1 amide bonds. The van der Waals surface area contributed by atoms with Crippen LogP contribution in [-0.4, -0.2) is 25.5 Å². The summed E-state index contributed by atoms with van der Waals surface area (Å²) < 4.78 is 54.2. The van der Waals surface area contributed by atoms with Crippen LogP contribution in [-0.2, 0) is 17.9 Å². The van der Waals surface area contributed by atoms with Crippen LogP contribution in [0.5, 0.6) is 0 Å². The first-order chi connectivity index (χ1) is 13.7. The molecular weight excluding hydrogens is 437 g/mol. The molecule has 1 aromatic carbocycles. The van der Waals surface area contributed by atoms with Gasteiger partial charge in [-0.15, -0.1) is 0 Å². The molecular formula is C17H13Cl2F4N5O. The van der Waals surface area contributed by atoms with Gasteiger partial charge >= 0.3 is 0 Å². The Hall–Kier alpha value is -2.59. The van der Waals surface area contributed by atoms with E-state index >= 15 is 0 Å². The van der Waals surface area contributed by atoms with Crippen molar-refractivity contribution in [3.05, 3.63) is 63.7 Å². The van der Waals surface area contributed by atoms with Gasteiger partial charge in [-0.25, -0.2) is 17.6 Å². The largest absolute Gasteiger partial charge is 0.324 e. The summed E-state index contributed by atoms with van der Waals surface area (Å²) in [5.41, 5.74) is -0.745. The maximum absolute atomic E-state index is 13.2. The van der Waals surface area contributed by atoms with E-state index in [9.17, 15) is 22.4 Å². The van der Waals surface area contributed by atoms with Crippen LogP contribution in [0.2, 0.25) is 10.0 Å². The fourth-order valence-electron chi connectivity index (χ4n) is 2.64. The lowest BCUT2D eigenvalue weighted by molar-refractivity contribution is -0.117. The van der Waals surface area contributed by atoms with Crippen molar-refractivity contribution in [3.63, 3.8) is 0 Å². The number of amides is 1. The molecule has 0 radical (unpaired) electrons. The number of halogens is 6. The van der Waals surface area contributed by atoms with Gasteiger partial charge in [0.15, 0.2) is 0 Å². The summed E-state index contributed by atoms with van der Waals surface area (Å²) in [6.07, 6.45) is -3.20. The van der Waals surface area contributed by atoms with Gasteiger partial charge in [-0.2, -0.15) is 10.2 Å².